The van der Waals surface area contributed by atoms with Gasteiger partial charge < -0.3 is 14.2 Å². The Morgan fingerprint density at radius 1 is 1.14 bits per heavy atom. The molecule has 3 rings (SSSR count). The van der Waals surface area contributed by atoms with Crippen LogP contribution in [0.4, 0.5) is 9.59 Å². The fraction of sp³-hybridized carbons (Fsp3) is 0.550. The number of rotatable bonds is 2. The number of carbonyl (C=O) groups is 3. The number of amides is 2. The van der Waals surface area contributed by atoms with Crippen molar-refractivity contribution >= 4 is 31.5 Å². The van der Waals surface area contributed by atoms with Gasteiger partial charge in [-0.3, -0.25) is 9.80 Å². The molecule has 1 aromatic rings. The summed E-state index contributed by atoms with van der Waals surface area (Å²) in [5, 5.41) is 0. The Bertz CT molecular complexity index is 822. The van der Waals surface area contributed by atoms with E-state index in [2.05, 4.69) is 0 Å². The van der Waals surface area contributed by atoms with Crippen LogP contribution in [0.5, 0.6) is 0 Å². The molecule has 1 fully saturated rings. The van der Waals surface area contributed by atoms with Crippen LogP contribution in [0.3, 0.4) is 0 Å². The van der Waals surface area contributed by atoms with Crippen LogP contribution in [0.15, 0.2) is 18.2 Å². The molecule has 2 aliphatic heterocycles. The van der Waals surface area contributed by atoms with Crippen LogP contribution < -0.4 is 5.46 Å². The quantitative estimate of drug-likeness (QED) is 0.425. The second kappa shape index (κ2) is 7.97. The first-order valence-corrected chi connectivity index (χ1v) is 9.48. The van der Waals surface area contributed by atoms with Crippen molar-refractivity contribution in [3.05, 3.63) is 29.3 Å². The van der Waals surface area contributed by atoms with Gasteiger partial charge in [0.15, 0.2) is 0 Å². The minimum Gasteiger partial charge on any atom is -0.467 e. The minimum absolute atomic E-state index is 0.0589. The topological polar surface area (TPSA) is 85.4 Å². The first-order chi connectivity index (χ1) is 13.6. The van der Waals surface area contributed by atoms with Crippen molar-refractivity contribution in [2.75, 3.05) is 13.7 Å². The van der Waals surface area contributed by atoms with Crippen LogP contribution in [-0.4, -0.2) is 67.2 Å². The van der Waals surface area contributed by atoms with Crippen LogP contribution in [0, 0.1) is 0 Å². The normalized spacial score (nSPS) is 21.0. The third-order valence-electron chi connectivity index (χ3n) is 4.91. The molecule has 0 saturated carbocycles. The number of carbonyl (C=O) groups excluding carboxylic acids is 3. The van der Waals surface area contributed by atoms with E-state index in [1.165, 1.54) is 12.0 Å². The van der Waals surface area contributed by atoms with Crippen LogP contribution in [0.25, 0.3) is 0 Å². The highest BCUT2D eigenvalue weighted by Crippen LogP contribution is 2.27. The third kappa shape index (κ3) is 4.66. The van der Waals surface area contributed by atoms with E-state index in [-0.39, 0.29) is 13.0 Å². The molecule has 29 heavy (non-hydrogen) atoms. The SMILES string of the molecule is [B]c1cccc2c1CN(C(=O)O[C@@H]1C[C@@H](C(=O)OC)N(C(=O)OC(C)(C)C)C1)C2. The predicted octanol–water partition coefficient (Wildman–Crippen LogP) is 1.48. The highest BCUT2D eigenvalue weighted by Gasteiger charge is 2.44. The molecule has 0 bridgehead atoms. The molecule has 0 spiro atoms. The Hall–Kier alpha value is -2.71. The summed E-state index contributed by atoms with van der Waals surface area (Å²) < 4.78 is 15.8. The predicted molar refractivity (Wildman–Crippen MR) is 105 cm³/mol. The van der Waals surface area contributed by atoms with Crippen molar-refractivity contribution < 1.29 is 28.6 Å². The summed E-state index contributed by atoms with van der Waals surface area (Å²) in [6, 6.07) is 4.70. The summed E-state index contributed by atoms with van der Waals surface area (Å²) in [6.45, 7) is 6.04. The van der Waals surface area contributed by atoms with E-state index in [1.54, 1.807) is 31.7 Å². The van der Waals surface area contributed by atoms with Crippen molar-refractivity contribution in [2.24, 2.45) is 0 Å². The first kappa shape index (κ1) is 21.0. The lowest BCUT2D eigenvalue weighted by Crippen LogP contribution is -2.44. The second-order valence-corrected chi connectivity index (χ2v) is 8.25. The van der Waals surface area contributed by atoms with Crippen molar-refractivity contribution in [3.63, 3.8) is 0 Å². The van der Waals surface area contributed by atoms with Gasteiger partial charge in [0.05, 0.1) is 13.7 Å². The molecule has 2 aliphatic rings. The molecule has 2 heterocycles. The van der Waals surface area contributed by atoms with E-state index in [4.69, 9.17) is 22.1 Å². The number of likely N-dealkylation sites (tertiary alicyclic amines) is 1. The molecule has 2 atom stereocenters. The maximum absolute atomic E-state index is 12.6. The average Bonchev–Trinajstić information content (AvgIpc) is 3.25. The smallest absolute Gasteiger partial charge is 0.411 e. The standard InChI is InChI=1S/C20H25BN2O6/c1-20(2,3)29-19(26)23-10-13(8-16(23)17(24)27-4)28-18(25)22-9-12-6-5-7-15(21)14(12)11-22/h5-7,13,16H,8-11H2,1-4H3/t13-,16+/m1/s1. The van der Waals surface area contributed by atoms with Crippen LogP contribution in [-0.2, 0) is 32.1 Å². The van der Waals surface area contributed by atoms with Gasteiger partial charge in [0.25, 0.3) is 0 Å². The molecule has 0 N–H and O–H groups in total. The van der Waals surface area contributed by atoms with Gasteiger partial charge in [0.1, 0.15) is 25.6 Å². The van der Waals surface area contributed by atoms with Crippen LogP contribution in [0.2, 0.25) is 0 Å². The summed E-state index contributed by atoms with van der Waals surface area (Å²) in [5.74, 6) is -0.573. The van der Waals surface area contributed by atoms with Gasteiger partial charge in [-0.1, -0.05) is 23.7 Å². The number of nitrogens with zero attached hydrogens (tertiary/aromatic N) is 2. The molecule has 154 valence electrons. The molecule has 0 aromatic heterocycles. The van der Waals surface area contributed by atoms with Crippen LogP contribution >= 0.6 is 0 Å². The van der Waals surface area contributed by atoms with E-state index in [9.17, 15) is 14.4 Å². The van der Waals surface area contributed by atoms with Gasteiger partial charge in [-0.25, -0.2) is 14.4 Å². The van der Waals surface area contributed by atoms with Gasteiger partial charge in [-0.2, -0.15) is 0 Å². The second-order valence-electron chi connectivity index (χ2n) is 8.25. The summed E-state index contributed by atoms with van der Waals surface area (Å²) in [6.07, 6.45) is -1.64. The number of hydrogen-bond acceptors (Lipinski definition) is 6. The molecule has 1 aromatic carbocycles. The molecular formula is C20H25BN2O6. The lowest BCUT2D eigenvalue weighted by molar-refractivity contribution is -0.145. The highest BCUT2D eigenvalue weighted by atomic mass is 16.6. The molecule has 2 amide bonds. The number of hydrogen-bond donors (Lipinski definition) is 0. The largest absolute Gasteiger partial charge is 0.467 e. The molecule has 0 aliphatic carbocycles. The molecule has 9 heteroatoms. The Morgan fingerprint density at radius 3 is 2.48 bits per heavy atom. The Balaban J connectivity index is 1.65. The Morgan fingerprint density at radius 2 is 1.86 bits per heavy atom. The van der Waals surface area contributed by atoms with Gasteiger partial charge in [0, 0.05) is 19.5 Å². The monoisotopic (exact) mass is 400 g/mol. The summed E-state index contributed by atoms with van der Waals surface area (Å²) in [4.78, 5) is 40.1. The molecule has 8 nitrogen and oxygen atoms in total. The number of ether oxygens (including phenoxy) is 3. The van der Waals surface area contributed by atoms with Gasteiger partial charge in [-0.05, 0) is 31.9 Å². The first-order valence-electron chi connectivity index (χ1n) is 9.48. The summed E-state index contributed by atoms with van der Waals surface area (Å²) in [7, 11) is 7.23. The lowest BCUT2D eigenvalue weighted by atomic mass is 9.89. The number of methoxy groups -OCH3 is 1. The van der Waals surface area contributed by atoms with Crippen LogP contribution in [0.1, 0.15) is 38.3 Å². The zero-order valence-electron chi connectivity index (χ0n) is 17.1. The zero-order valence-corrected chi connectivity index (χ0v) is 17.1. The van der Waals surface area contributed by atoms with E-state index >= 15 is 0 Å². The van der Waals surface area contributed by atoms with Crippen molar-refractivity contribution in [1.29, 1.82) is 0 Å². The molecule has 0 unspecified atom stereocenters. The Kier molecular flexibility index (Phi) is 5.77. The fourth-order valence-electron chi connectivity index (χ4n) is 3.56. The minimum atomic E-state index is -0.862. The highest BCUT2D eigenvalue weighted by molar-refractivity contribution is 6.33. The van der Waals surface area contributed by atoms with Gasteiger partial charge in [0.2, 0.25) is 0 Å². The molecular weight excluding hydrogens is 375 g/mol. The maximum atomic E-state index is 12.6. The van der Waals surface area contributed by atoms with Gasteiger partial charge in [-0.15, -0.1) is 0 Å². The fourth-order valence-corrected chi connectivity index (χ4v) is 3.56. The van der Waals surface area contributed by atoms with E-state index in [0.717, 1.165) is 11.1 Å². The van der Waals surface area contributed by atoms with E-state index in [1.807, 2.05) is 12.1 Å². The van der Waals surface area contributed by atoms with Crippen molar-refractivity contribution in [2.45, 2.75) is 58.0 Å². The average molecular weight is 400 g/mol. The summed E-state index contributed by atoms with van der Waals surface area (Å²) >= 11 is 0. The third-order valence-corrected chi connectivity index (χ3v) is 4.91. The van der Waals surface area contributed by atoms with Gasteiger partial charge >= 0.3 is 18.2 Å². The number of fused-ring (bicyclic) bond motifs is 1. The Labute approximate surface area is 171 Å². The lowest BCUT2D eigenvalue weighted by Gasteiger charge is -2.27. The maximum Gasteiger partial charge on any atom is 0.411 e. The summed E-state index contributed by atoms with van der Waals surface area (Å²) in [5.41, 5.74) is 1.82. The van der Waals surface area contributed by atoms with Crippen molar-refractivity contribution in [3.8, 4) is 0 Å². The molecule has 2 radical (unpaired) electrons. The number of esters is 1. The zero-order chi connectivity index (χ0) is 21.3. The van der Waals surface area contributed by atoms with E-state index < -0.39 is 35.9 Å². The number of benzene rings is 1. The van der Waals surface area contributed by atoms with Crippen molar-refractivity contribution in [1.82, 2.24) is 9.80 Å². The van der Waals surface area contributed by atoms with E-state index in [0.29, 0.717) is 18.6 Å². The molecule has 1 saturated heterocycles.